The molecule has 27 heavy (non-hydrogen) atoms. The van der Waals surface area contributed by atoms with E-state index in [1.54, 1.807) is 10.9 Å². The minimum absolute atomic E-state index is 0.273. The van der Waals surface area contributed by atoms with Gasteiger partial charge in [-0.3, -0.25) is 4.68 Å². The Morgan fingerprint density at radius 2 is 2.00 bits per heavy atom. The number of rotatable bonds is 4. The maximum Gasteiger partial charge on any atom is 0.299 e. The summed E-state index contributed by atoms with van der Waals surface area (Å²) in [6.07, 6.45) is 0.645. The molecule has 0 saturated carbocycles. The maximum atomic E-state index is 13.2. The summed E-state index contributed by atoms with van der Waals surface area (Å²) in [6.45, 7) is 2.59. The SMILES string of the molecule is CCn1ncc(Cl)c1C=C1Sc2nnc(C(F)F)n2N=C1c1ccccc1. The fourth-order valence-electron chi connectivity index (χ4n) is 2.65. The zero-order valence-corrected chi connectivity index (χ0v) is 15.6. The summed E-state index contributed by atoms with van der Waals surface area (Å²) in [7, 11) is 0. The summed E-state index contributed by atoms with van der Waals surface area (Å²) in [5.41, 5.74) is 2.04. The van der Waals surface area contributed by atoms with Gasteiger partial charge in [0.05, 0.1) is 16.9 Å². The molecule has 0 atom stereocenters. The van der Waals surface area contributed by atoms with Crippen molar-refractivity contribution in [1.29, 1.82) is 0 Å². The lowest BCUT2D eigenvalue weighted by molar-refractivity contribution is 0.135. The van der Waals surface area contributed by atoms with Crippen LogP contribution in [0.1, 0.15) is 30.4 Å². The highest BCUT2D eigenvalue weighted by Gasteiger charge is 2.28. The first-order chi connectivity index (χ1) is 13.1. The lowest BCUT2D eigenvalue weighted by Crippen LogP contribution is -2.14. The molecule has 0 radical (unpaired) electrons. The first-order valence-corrected chi connectivity index (χ1v) is 9.27. The Kier molecular flexibility index (Phi) is 4.79. The molecule has 0 amide bonds. The number of alkyl halides is 2. The quantitative estimate of drug-likeness (QED) is 0.640. The van der Waals surface area contributed by atoms with Crippen molar-refractivity contribution >= 4 is 35.2 Å². The molecule has 10 heteroatoms. The Morgan fingerprint density at radius 3 is 2.70 bits per heavy atom. The Morgan fingerprint density at radius 1 is 1.22 bits per heavy atom. The van der Waals surface area contributed by atoms with Gasteiger partial charge in [-0.25, -0.2) is 8.78 Å². The monoisotopic (exact) mass is 406 g/mol. The number of hydrogen-bond donors (Lipinski definition) is 0. The maximum absolute atomic E-state index is 13.2. The first kappa shape index (κ1) is 17.9. The molecule has 4 rings (SSSR count). The number of halogens is 3. The molecule has 2 aromatic heterocycles. The number of fused-ring (bicyclic) bond motifs is 1. The summed E-state index contributed by atoms with van der Waals surface area (Å²) in [5, 5.41) is 16.8. The average Bonchev–Trinajstić information content (AvgIpc) is 3.25. The van der Waals surface area contributed by atoms with Gasteiger partial charge in [0.25, 0.3) is 6.43 Å². The second-order valence-electron chi connectivity index (χ2n) is 5.57. The van der Waals surface area contributed by atoms with Crippen molar-refractivity contribution < 1.29 is 8.78 Å². The van der Waals surface area contributed by atoms with Gasteiger partial charge in [-0.1, -0.05) is 41.9 Å². The van der Waals surface area contributed by atoms with E-state index in [0.717, 1.165) is 15.1 Å². The van der Waals surface area contributed by atoms with Crippen molar-refractivity contribution in [2.24, 2.45) is 5.10 Å². The lowest BCUT2D eigenvalue weighted by atomic mass is 10.1. The van der Waals surface area contributed by atoms with E-state index in [9.17, 15) is 8.78 Å². The van der Waals surface area contributed by atoms with Crippen molar-refractivity contribution in [3.63, 3.8) is 0 Å². The second-order valence-corrected chi connectivity index (χ2v) is 6.99. The summed E-state index contributed by atoms with van der Waals surface area (Å²) < 4.78 is 29.3. The van der Waals surface area contributed by atoms with Crippen LogP contribution in [0.3, 0.4) is 0 Å². The van der Waals surface area contributed by atoms with Crippen LogP contribution in [0.4, 0.5) is 8.78 Å². The number of benzene rings is 1. The van der Waals surface area contributed by atoms with Crippen LogP contribution in [-0.4, -0.2) is 30.4 Å². The Balaban J connectivity index is 1.89. The van der Waals surface area contributed by atoms with Crippen molar-refractivity contribution in [3.8, 4) is 0 Å². The van der Waals surface area contributed by atoms with Crippen LogP contribution in [0.2, 0.25) is 5.02 Å². The molecule has 0 unspecified atom stereocenters. The van der Waals surface area contributed by atoms with Crippen LogP contribution in [0.25, 0.3) is 6.08 Å². The van der Waals surface area contributed by atoms with E-state index >= 15 is 0 Å². The van der Waals surface area contributed by atoms with E-state index in [2.05, 4.69) is 20.4 Å². The minimum atomic E-state index is -2.77. The molecular formula is C17H13ClF2N6S. The molecule has 3 aromatic rings. The van der Waals surface area contributed by atoms with Crippen LogP contribution in [-0.2, 0) is 6.54 Å². The molecule has 0 N–H and O–H groups in total. The first-order valence-electron chi connectivity index (χ1n) is 8.07. The van der Waals surface area contributed by atoms with Crippen LogP contribution in [0.5, 0.6) is 0 Å². The Hall–Kier alpha value is -2.52. The molecule has 138 valence electrons. The smallest absolute Gasteiger partial charge is 0.264 e. The van der Waals surface area contributed by atoms with E-state index in [4.69, 9.17) is 11.6 Å². The van der Waals surface area contributed by atoms with Gasteiger partial charge < -0.3 is 0 Å². The predicted molar refractivity (Wildman–Crippen MR) is 100 cm³/mol. The molecule has 1 aliphatic heterocycles. The standard InChI is InChI=1S/C17H13ClF2N6S/c1-2-25-12(11(18)9-21-25)8-13-14(10-6-4-3-5-7-10)24-26-16(15(19)20)22-23-17(26)27-13/h3-9,15H,2H2,1H3. The van der Waals surface area contributed by atoms with Crippen molar-refractivity contribution in [2.45, 2.75) is 25.1 Å². The molecule has 1 aromatic carbocycles. The number of thioether (sulfide) groups is 1. The van der Waals surface area contributed by atoms with Crippen molar-refractivity contribution in [2.75, 3.05) is 0 Å². The van der Waals surface area contributed by atoms with Gasteiger partial charge in [0.1, 0.15) is 5.71 Å². The van der Waals surface area contributed by atoms with Gasteiger partial charge in [0, 0.05) is 17.0 Å². The largest absolute Gasteiger partial charge is 0.299 e. The lowest BCUT2D eigenvalue weighted by Gasteiger charge is -2.17. The normalized spacial score (nSPS) is 15.3. The average molecular weight is 407 g/mol. The van der Waals surface area contributed by atoms with Gasteiger partial charge in [0.15, 0.2) is 0 Å². The molecule has 6 nitrogen and oxygen atoms in total. The third kappa shape index (κ3) is 3.28. The Bertz CT molecular complexity index is 1040. The molecular weight excluding hydrogens is 394 g/mol. The van der Waals surface area contributed by atoms with E-state index in [-0.39, 0.29) is 5.16 Å². The van der Waals surface area contributed by atoms with Crippen LogP contribution >= 0.6 is 23.4 Å². The van der Waals surface area contributed by atoms with E-state index in [0.29, 0.717) is 23.0 Å². The zero-order chi connectivity index (χ0) is 19.0. The zero-order valence-electron chi connectivity index (χ0n) is 14.1. The topological polar surface area (TPSA) is 60.9 Å². The Labute approximate surface area is 162 Å². The summed E-state index contributed by atoms with van der Waals surface area (Å²) >= 11 is 7.48. The number of hydrogen-bond acceptors (Lipinski definition) is 5. The van der Waals surface area contributed by atoms with E-state index in [1.165, 1.54) is 11.8 Å². The molecule has 0 bridgehead atoms. The second kappa shape index (κ2) is 7.24. The van der Waals surface area contributed by atoms with Gasteiger partial charge in [-0.2, -0.15) is 14.9 Å². The molecule has 1 aliphatic rings. The summed E-state index contributed by atoms with van der Waals surface area (Å²) in [6, 6.07) is 9.33. The summed E-state index contributed by atoms with van der Waals surface area (Å²) in [5.74, 6) is -0.485. The van der Waals surface area contributed by atoms with Crippen molar-refractivity contribution in [1.82, 2.24) is 24.7 Å². The highest BCUT2D eigenvalue weighted by Crippen LogP contribution is 2.37. The van der Waals surface area contributed by atoms with Gasteiger partial charge in [-0.05, 0) is 24.8 Å². The number of allylic oxidation sites excluding steroid dienone is 1. The van der Waals surface area contributed by atoms with Gasteiger partial charge >= 0.3 is 0 Å². The van der Waals surface area contributed by atoms with Gasteiger partial charge in [-0.15, -0.1) is 10.2 Å². The van der Waals surface area contributed by atoms with E-state index in [1.807, 2.05) is 43.3 Å². The van der Waals surface area contributed by atoms with E-state index < -0.39 is 12.2 Å². The van der Waals surface area contributed by atoms with Crippen molar-refractivity contribution in [3.05, 3.63) is 63.5 Å². The van der Waals surface area contributed by atoms with Crippen LogP contribution in [0.15, 0.2) is 51.7 Å². The molecule has 0 fully saturated rings. The third-order valence-corrected chi connectivity index (χ3v) is 5.17. The number of aryl methyl sites for hydroxylation is 1. The predicted octanol–water partition coefficient (Wildman–Crippen LogP) is 4.48. The third-order valence-electron chi connectivity index (χ3n) is 3.91. The number of nitrogens with zero attached hydrogens (tertiary/aromatic N) is 6. The molecule has 3 heterocycles. The summed E-state index contributed by atoms with van der Waals surface area (Å²) in [4.78, 5) is 0.721. The minimum Gasteiger partial charge on any atom is -0.264 e. The highest BCUT2D eigenvalue weighted by molar-refractivity contribution is 8.04. The van der Waals surface area contributed by atoms with Crippen LogP contribution in [0, 0.1) is 0 Å². The molecule has 0 spiro atoms. The fourth-order valence-corrected chi connectivity index (χ4v) is 3.77. The highest BCUT2D eigenvalue weighted by atomic mass is 35.5. The molecule has 0 aliphatic carbocycles. The van der Waals surface area contributed by atoms with Crippen LogP contribution < -0.4 is 0 Å². The molecule has 0 saturated heterocycles. The fraction of sp³-hybridized carbons (Fsp3) is 0.176. The number of aromatic nitrogens is 5. The van der Waals surface area contributed by atoms with Gasteiger partial charge in [0.2, 0.25) is 11.0 Å².